The molecule has 0 saturated carbocycles. The molecule has 10 aromatic heterocycles. The minimum absolute atomic E-state index is 1.10. The van der Waals surface area contributed by atoms with Crippen LogP contribution in [0.3, 0.4) is 0 Å². The Bertz CT molecular complexity index is 2920. The molecule has 0 spiro atoms. The summed E-state index contributed by atoms with van der Waals surface area (Å²) in [6.07, 6.45) is 2.21. The fourth-order valence-corrected chi connectivity index (χ4v) is 46.4. The van der Waals surface area contributed by atoms with Gasteiger partial charge in [0, 0.05) is 87.8 Å². The van der Waals surface area contributed by atoms with Gasteiger partial charge in [0.2, 0.25) is 0 Å². The number of rotatable bonds is 17. The van der Waals surface area contributed by atoms with Crippen LogP contribution in [0.25, 0.3) is 78.0 Å². The highest BCUT2D eigenvalue weighted by Crippen LogP contribution is 2.48. The Hall–Kier alpha value is -2.57. The second-order valence-corrected chi connectivity index (χ2v) is 41.8. The number of hydrogen-bond acceptors (Lipinski definition) is 10. The van der Waals surface area contributed by atoms with Crippen molar-refractivity contribution in [1.29, 1.82) is 0 Å². The molecule has 0 fully saturated rings. The zero-order valence-corrected chi connectivity index (χ0v) is 47.0. The first-order valence-electron chi connectivity index (χ1n) is 22.3. The van der Waals surface area contributed by atoms with Crippen molar-refractivity contribution >= 4 is 138 Å². The van der Waals surface area contributed by atoms with Gasteiger partial charge in [-0.25, -0.2) is 0 Å². The summed E-state index contributed by atoms with van der Waals surface area (Å²) in [6, 6.07) is 52.6. The molecule has 0 amide bonds. The van der Waals surface area contributed by atoms with Gasteiger partial charge in [0.15, 0.2) is 0 Å². The predicted molar refractivity (Wildman–Crippen MR) is 307 cm³/mol. The molecular weight excluding hydrogens is 1000 g/mol. The van der Waals surface area contributed by atoms with E-state index in [9.17, 15) is 0 Å². The molecule has 12 heteroatoms. The van der Waals surface area contributed by atoms with Crippen LogP contribution in [0.15, 0.2) is 121 Å². The van der Waals surface area contributed by atoms with E-state index in [-0.39, 0.29) is 0 Å². The van der Waals surface area contributed by atoms with E-state index in [4.69, 9.17) is 0 Å². The van der Waals surface area contributed by atoms with Gasteiger partial charge in [-0.3, -0.25) is 0 Å². The molecule has 0 N–H and O–H groups in total. The van der Waals surface area contributed by atoms with Crippen LogP contribution >= 0.6 is 113 Å². The lowest BCUT2D eigenvalue weighted by atomic mass is 10.3. The van der Waals surface area contributed by atoms with Gasteiger partial charge in [-0.15, -0.1) is 113 Å². The minimum Gasteiger partial charge on any atom is -0.144 e. The van der Waals surface area contributed by atoms with Crippen LogP contribution in [-0.4, -0.2) is 15.2 Å². The van der Waals surface area contributed by atoms with Crippen LogP contribution in [0.1, 0.15) is 51.3 Å². The van der Waals surface area contributed by atoms with Crippen molar-refractivity contribution in [2.75, 3.05) is 0 Å². The van der Waals surface area contributed by atoms with Crippen LogP contribution in [0.2, 0.25) is 24.2 Å². The molecule has 10 aromatic rings. The Morgan fingerprint density at radius 3 is 0.625 bits per heavy atom. The summed E-state index contributed by atoms with van der Waals surface area (Å²) < 4.78 is 3.48. The molecular formula is C52H50S10Si2. The molecule has 0 nitrogen and oxygen atoms in total. The van der Waals surface area contributed by atoms with Crippen LogP contribution in [0.5, 0.6) is 0 Å². The fraction of sp³-hybridized carbons (Fsp3) is 0.231. The fourth-order valence-electron chi connectivity index (χ4n) is 9.49. The maximum Gasteiger partial charge on any atom is 0.0987 e. The topological polar surface area (TPSA) is 0 Å². The molecule has 0 bridgehead atoms. The second-order valence-electron chi connectivity index (χ2n) is 16.1. The Balaban J connectivity index is 0.871. The summed E-state index contributed by atoms with van der Waals surface area (Å²) in [6.45, 7) is 14.6. The highest BCUT2D eigenvalue weighted by molar-refractivity contribution is 7.60. The van der Waals surface area contributed by atoms with Gasteiger partial charge in [0.05, 0.1) is 15.2 Å². The van der Waals surface area contributed by atoms with E-state index < -0.39 is 15.2 Å². The average molecular weight is 1050 g/mol. The summed E-state index contributed by atoms with van der Waals surface area (Å²) in [4.78, 5) is 25.1. The summed E-state index contributed by atoms with van der Waals surface area (Å²) >= 11 is 19.8. The first kappa shape index (κ1) is 45.2. The normalized spacial score (nSPS) is 12.3. The van der Waals surface area contributed by atoms with Crippen LogP contribution in [-0.2, 0) is 12.8 Å². The highest BCUT2D eigenvalue weighted by atomic mass is 32.1. The Kier molecular flexibility index (Phi) is 13.6. The van der Waals surface area contributed by atoms with E-state index in [1.807, 2.05) is 90.7 Å². The quantitative estimate of drug-likeness (QED) is 0.0798. The molecule has 64 heavy (non-hydrogen) atoms. The van der Waals surface area contributed by atoms with Gasteiger partial charge in [0.1, 0.15) is 0 Å². The molecule has 10 rings (SSSR count). The van der Waals surface area contributed by atoms with Gasteiger partial charge < -0.3 is 0 Å². The van der Waals surface area contributed by atoms with E-state index in [1.165, 1.54) is 112 Å². The van der Waals surface area contributed by atoms with E-state index in [0.29, 0.717) is 0 Å². The third-order valence-corrected chi connectivity index (χ3v) is 49.7. The van der Waals surface area contributed by atoms with Crippen molar-refractivity contribution < 1.29 is 0 Å². The lowest BCUT2D eigenvalue weighted by molar-refractivity contribution is 1.19. The molecule has 0 radical (unpaired) electrons. The highest BCUT2D eigenvalue weighted by Gasteiger charge is 2.54. The molecule has 0 unspecified atom stereocenters. The van der Waals surface area contributed by atoms with E-state index >= 15 is 0 Å². The smallest absolute Gasteiger partial charge is 0.0987 e. The second kappa shape index (κ2) is 19.2. The number of aryl methyl sites for hydroxylation is 2. The lowest BCUT2D eigenvalue weighted by Crippen LogP contribution is -2.73. The maximum absolute atomic E-state index is 2.58. The standard InChI is InChI=1S/C52H50S10Si2/c1-7-33-13-15-35(53-33)37-17-19-39(55-37)41-21-23-43(57-41)45-25-27-47(59-45)49-29-31-51(61-49)63(9-3,10-4)64(11-5,12-6)52-32-30-50(62-52)48-28-26-46(60-48)44-24-22-42(58-44)40-20-18-38(56-40)36-16-14-34(8-2)54-36/h13-32H,7-12H2,1-6H3. The van der Waals surface area contributed by atoms with E-state index in [1.54, 1.807) is 9.00 Å². The van der Waals surface area contributed by atoms with Crippen molar-refractivity contribution in [3.05, 3.63) is 131 Å². The summed E-state index contributed by atoms with van der Waals surface area (Å²) in [5, 5.41) is 0. The molecule has 0 aliphatic rings. The third kappa shape index (κ3) is 8.29. The van der Waals surface area contributed by atoms with Crippen molar-refractivity contribution in [2.24, 2.45) is 0 Å². The van der Waals surface area contributed by atoms with E-state index in [2.05, 4.69) is 186 Å². The van der Waals surface area contributed by atoms with Gasteiger partial charge in [-0.2, -0.15) is 0 Å². The molecule has 0 saturated heterocycles. The predicted octanol–water partition coefficient (Wildman–Crippen LogP) is 19.9. The Morgan fingerprint density at radius 2 is 0.422 bits per heavy atom. The Labute approximate surface area is 420 Å². The number of hydrogen-bond donors (Lipinski definition) is 0. The van der Waals surface area contributed by atoms with Crippen LogP contribution in [0.4, 0.5) is 0 Å². The molecule has 0 aliphatic heterocycles. The Morgan fingerprint density at radius 1 is 0.234 bits per heavy atom. The van der Waals surface area contributed by atoms with Crippen molar-refractivity contribution in [1.82, 2.24) is 0 Å². The molecule has 0 aromatic carbocycles. The maximum atomic E-state index is 2.58. The van der Waals surface area contributed by atoms with Gasteiger partial charge >= 0.3 is 0 Å². The number of thiophene rings is 10. The first-order valence-corrected chi connectivity index (χ1v) is 36.3. The molecule has 326 valence electrons. The van der Waals surface area contributed by atoms with E-state index in [0.717, 1.165) is 12.8 Å². The monoisotopic (exact) mass is 1050 g/mol. The zero-order chi connectivity index (χ0) is 44.0. The van der Waals surface area contributed by atoms with Gasteiger partial charge in [-0.05, 0) is 131 Å². The molecule has 0 atom stereocenters. The van der Waals surface area contributed by atoms with Crippen molar-refractivity contribution in [2.45, 2.75) is 78.6 Å². The van der Waals surface area contributed by atoms with Gasteiger partial charge in [-0.1, -0.05) is 77.9 Å². The minimum atomic E-state index is -1.87. The zero-order valence-electron chi connectivity index (χ0n) is 36.9. The van der Waals surface area contributed by atoms with Crippen LogP contribution < -0.4 is 9.00 Å². The third-order valence-electron chi connectivity index (χ3n) is 13.1. The molecule has 10 heterocycles. The lowest BCUT2D eigenvalue weighted by Gasteiger charge is -2.46. The van der Waals surface area contributed by atoms with Crippen LogP contribution in [0, 0.1) is 0 Å². The summed E-state index contributed by atoms with van der Waals surface area (Å²) in [5.74, 6) is 0. The van der Waals surface area contributed by atoms with Crippen molar-refractivity contribution in [3.8, 4) is 78.0 Å². The summed E-state index contributed by atoms with van der Waals surface area (Å²) in [5.41, 5.74) is 0. The average Bonchev–Trinajstić information content (AvgIpc) is 4.18. The molecule has 0 aliphatic carbocycles. The SMILES string of the molecule is CCc1ccc(-c2ccc(-c3ccc(-c4ccc(-c5ccc([Si](CC)(CC)[Si](CC)(CC)c6ccc(-c7ccc(-c8ccc(-c9ccc(-c%10ccc(CC)s%10)s9)s8)s7)s6)s5)s4)s3)s2)s1. The van der Waals surface area contributed by atoms with Gasteiger partial charge in [0.25, 0.3) is 0 Å². The summed E-state index contributed by atoms with van der Waals surface area (Å²) in [7, 11) is -3.74. The van der Waals surface area contributed by atoms with Crippen molar-refractivity contribution in [3.63, 3.8) is 0 Å². The largest absolute Gasteiger partial charge is 0.144 e. The first-order chi connectivity index (χ1) is 31.3.